The molecule has 2 heterocycles. The second-order valence-corrected chi connectivity index (χ2v) is 5.99. The highest BCUT2D eigenvalue weighted by molar-refractivity contribution is 7.90. The monoisotopic (exact) mass is 243 g/mol. The number of sulfone groups is 1. The van der Waals surface area contributed by atoms with Gasteiger partial charge in [-0.05, 0) is 13.5 Å². The molecule has 0 atom stereocenters. The molecule has 0 aromatic carbocycles. The van der Waals surface area contributed by atoms with E-state index in [0.29, 0.717) is 24.2 Å². The summed E-state index contributed by atoms with van der Waals surface area (Å²) in [6.07, 6.45) is 1.64. The Labute approximate surface area is 93.2 Å². The molecule has 0 bridgehead atoms. The van der Waals surface area contributed by atoms with Crippen LogP contribution in [0.25, 0.3) is 0 Å². The number of nitrogens with zero attached hydrogens (tertiary/aromatic N) is 2. The standard InChI is InChI=1S/C9H13N3O3S/c1-12-4-3-6-7(5-12)10-9(11-8(6)13)16(2,14)15/h3-5H2,1-2H3,(H,10,11,13). The molecule has 1 aromatic rings. The van der Waals surface area contributed by atoms with Crippen molar-refractivity contribution < 1.29 is 8.42 Å². The number of aromatic amines is 1. The lowest BCUT2D eigenvalue weighted by molar-refractivity contribution is 0.304. The summed E-state index contributed by atoms with van der Waals surface area (Å²) in [6.45, 7) is 1.30. The van der Waals surface area contributed by atoms with Gasteiger partial charge in [0.25, 0.3) is 5.56 Å². The molecule has 0 fully saturated rings. The number of H-pyrrole nitrogens is 1. The Morgan fingerprint density at radius 1 is 1.44 bits per heavy atom. The minimum absolute atomic E-state index is 0.244. The molecular weight excluding hydrogens is 230 g/mol. The molecule has 0 unspecified atom stereocenters. The van der Waals surface area contributed by atoms with Crippen LogP contribution in [0.4, 0.5) is 0 Å². The summed E-state index contributed by atoms with van der Waals surface area (Å²) >= 11 is 0. The van der Waals surface area contributed by atoms with Crippen molar-refractivity contribution in [2.75, 3.05) is 19.8 Å². The lowest BCUT2D eigenvalue weighted by Gasteiger charge is -2.23. The lowest BCUT2D eigenvalue weighted by atomic mass is 10.1. The normalized spacial score (nSPS) is 17.1. The van der Waals surface area contributed by atoms with Crippen LogP contribution in [0.5, 0.6) is 0 Å². The van der Waals surface area contributed by atoms with Gasteiger partial charge in [-0.2, -0.15) is 0 Å². The number of rotatable bonds is 1. The Morgan fingerprint density at radius 2 is 2.12 bits per heavy atom. The summed E-state index contributed by atoms with van der Waals surface area (Å²) in [7, 11) is -1.55. The summed E-state index contributed by atoms with van der Waals surface area (Å²) in [5.74, 6) is 0. The predicted octanol–water partition coefficient (Wildman–Crippen LogP) is -0.839. The van der Waals surface area contributed by atoms with Crippen molar-refractivity contribution in [3.8, 4) is 0 Å². The Morgan fingerprint density at radius 3 is 2.75 bits per heavy atom. The molecule has 7 heteroatoms. The van der Waals surface area contributed by atoms with E-state index >= 15 is 0 Å². The molecule has 1 aliphatic heterocycles. The first-order chi connectivity index (χ1) is 7.38. The van der Waals surface area contributed by atoms with Gasteiger partial charge in [-0.3, -0.25) is 9.78 Å². The van der Waals surface area contributed by atoms with E-state index in [1.165, 1.54) is 0 Å². The van der Waals surface area contributed by atoms with Crippen LogP contribution in [0.15, 0.2) is 9.95 Å². The number of likely N-dealkylation sites (N-methyl/N-ethyl adjacent to an activating group) is 1. The van der Waals surface area contributed by atoms with Gasteiger partial charge in [0.1, 0.15) is 0 Å². The SMILES string of the molecule is CN1CCc2c(nc(S(C)(=O)=O)[nH]c2=O)C1. The van der Waals surface area contributed by atoms with Crippen molar-refractivity contribution in [2.45, 2.75) is 18.1 Å². The molecular formula is C9H13N3O3S. The Bertz CT molecular complexity index is 576. The summed E-state index contributed by atoms with van der Waals surface area (Å²) in [6, 6.07) is 0. The van der Waals surface area contributed by atoms with Crippen molar-refractivity contribution in [3.63, 3.8) is 0 Å². The molecule has 88 valence electrons. The van der Waals surface area contributed by atoms with Crippen LogP contribution in [-0.4, -0.2) is 43.1 Å². The Hall–Kier alpha value is -1.21. The predicted molar refractivity (Wildman–Crippen MR) is 58.0 cm³/mol. The summed E-state index contributed by atoms with van der Waals surface area (Å²) in [5.41, 5.74) is 0.835. The summed E-state index contributed by atoms with van der Waals surface area (Å²) in [4.78, 5) is 20.0. The fourth-order valence-corrected chi connectivity index (χ4v) is 2.28. The van der Waals surface area contributed by atoms with Gasteiger partial charge in [0.05, 0.1) is 5.69 Å². The van der Waals surface area contributed by atoms with Crippen LogP contribution in [-0.2, 0) is 22.8 Å². The van der Waals surface area contributed by atoms with E-state index in [4.69, 9.17) is 0 Å². The summed E-state index contributed by atoms with van der Waals surface area (Å²) < 4.78 is 22.6. The molecule has 0 aliphatic carbocycles. The van der Waals surface area contributed by atoms with Crippen molar-refractivity contribution >= 4 is 9.84 Å². The number of hydrogen-bond acceptors (Lipinski definition) is 5. The van der Waals surface area contributed by atoms with E-state index in [1.807, 2.05) is 11.9 Å². The molecule has 0 spiro atoms. The summed E-state index contributed by atoms with van der Waals surface area (Å²) in [5, 5.41) is -0.244. The average molecular weight is 243 g/mol. The molecule has 0 saturated heterocycles. The lowest BCUT2D eigenvalue weighted by Crippen LogP contribution is -2.33. The van der Waals surface area contributed by atoms with Crippen molar-refractivity contribution in [1.82, 2.24) is 14.9 Å². The number of nitrogens with one attached hydrogen (secondary N) is 1. The van der Waals surface area contributed by atoms with Gasteiger partial charge in [0.15, 0.2) is 0 Å². The van der Waals surface area contributed by atoms with Gasteiger partial charge < -0.3 is 4.90 Å². The van der Waals surface area contributed by atoms with Gasteiger partial charge in [0.2, 0.25) is 15.0 Å². The molecule has 2 rings (SSSR count). The van der Waals surface area contributed by atoms with E-state index in [9.17, 15) is 13.2 Å². The third kappa shape index (κ3) is 2.00. The zero-order chi connectivity index (χ0) is 11.9. The van der Waals surface area contributed by atoms with Crippen LogP contribution < -0.4 is 5.56 Å². The van der Waals surface area contributed by atoms with Gasteiger partial charge in [-0.25, -0.2) is 13.4 Å². The first-order valence-corrected chi connectivity index (χ1v) is 6.78. The van der Waals surface area contributed by atoms with Crippen molar-refractivity contribution in [3.05, 3.63) is 21.6 Å². The molecule has 1 aromatic heterocycles. The largest absolute Gasteiger partial charge is 0.300 e. The van der Waals surface area contributed by atoms with Crippen LogP contribution in [0.3, 0.4) is 0 Å². The molecule has 1 aliphatic rings. The molecule has 1 N–H and O–H groups in total. The van der Waals surface area contributed by atoms with Gasteiger partial charge >= 0.3 is 0 Å². The third-order valence-electron chi connectivity index (χ3n) is 2.59. The van der Waals surface area contributed by atoms with E-state index in [0.717, 1.165) is 12.8 Å². The molecule has 0 saturated carbocycles. The second-order valence-electron chi connectivity index (χ2n) is 4.06. The maximum absolute atomic E-state index is 11.7. The Balaban J connectivity index is 2.61. The molecule has 6 nitrogen and oxygen atoms in total. The first kappa shape index (κ1) is 11.3. The average Bonchev–Trinajstić information content (AvgIpc) is 2.15. The first-order valence-electron chi connectivity index (χ1n) is 4.88. The molecule has 0 radical (unpaired) electrons. The molecule has 0 amide bonds. The third-order valence-corrected chi connectivity index (χ3v) is 3.49. The number of aromatic nitrogens is 2. The van der Waals surface area contributed by atoms with Crippen LogP contribution in [0.2, 0.25) is 0 Å². The quantitative estimate of drug-likeness (QED) is 0.650. The smallest absolute Gasteiger partial charge is 0.255 e. The fraction of sp³-hybridized carbons (Fsp3) is 0.556. The topological polar surface area (TPSA) is 83.1 Å². The highest BCUT2D eigenvalue weighted by Crippen LogP contribution is 2.13. The zero-order valence-corrected chi connectivity index (χ0v) is 9.97. The van der Waals surface area contributed by atoms with E-state index in [2.05, 4.69) is 9.97 Å². The van der Waals surface area contributed by atoms with E-state index in [-0.39, 0.29) is 10.7 Å². The zero-order valence-electron chi connectivity index (χ0n) is 9.15. The van der Waals surface area contributed by atoms with Gasteiger partial charge in [-0.1, -0.05) is 0 Å². The minimum Gasteiger partial charge on any atom is -0.300 e. The van der Waals surface area contributed by atoms with E-state index in [1.54, 1.807) is 0 Å². The van der Waals surface area contributed by atoms with Crippen LogP contribution >= 0.6 is 0 Å². The maximum atomic E-state index is 11.7. The highest BCUT2D eigenvalue weighted by Gasteiger charge is 2.21. The van der Waals surface area contributed by atoms with Crippen molar-refractivity contribution in [2.24, 2.45) is 0 Å². The Kier molecular flexibility index (Phi) is 2.59. The number of hydrogen-bond donors (Lipinski definition) is 1. The number of fused-ring (bicyclic) bond motifs is 1. The maximum Gasteiger partial charge on any atom is 0.255 e. The van der Waals surface area contributed by atoms with Crippen LogP contribution in [0, 0.1) is 0 Å². The van der Waals surface area contributed by atoms with Crippen molar-refractivity contribution in [1.29, 1.82) is 0 Å². The van der Waals surface area contributed by atoms with Gasteiger partial charge in [0, 0.05) is 24.9 Å². The fourth-order valence-electron chi connectivity index (χ4n) is 1.72. The van der Waals surface area contributed by atoms with E-state index < -0.39 is 9.84 Å². The molecule has 16 heavy (non-hydrogen) atoms. The van der Waals surface area contributed by atoms with Crippen LogP contribution in [0.1, 0.15) is 11.3 Å². The highest BCUT2D eigenvalue weighted by atomic mass is 32.2. The van der Waals surface area contributed by atoms with Gasteiger partial charge in [-0.15, -0.1) is 0 Å². The second kappa shape index (κ2) is 3.67. The minimum atomic E-state index is -3.46.